The Morgan fingerprint density at radius 1 is 0.333 bits per heavy atom. The third-order valence-electron chi connectivity index (χ3n) is 12.1. The molecule has 0 amide bonds. The van der Waals surface area contributed by atoms with Gasteiger partial charge in [0.2, 0.25) is 0 Å². The van der Waals surface area contributed by atoms with Gasteiger partial charge in [-0.1, -0.05) is 182 Å². The van der Waals surface area contributed by atoms with E-state index in [9.17, 15) is 0 Å². The second-order valence-corrected chi connectivity index (χ2v) is 18.0. The number of nitrogens with zero attached hydrogens (tertiary/aromatic N) is 2. The number of rotatable bonds is 8. The van der Waals surface area contributed by atoms with Gasteiger partial charge >= 0.3 is 0 Å². The molecular weight excluding hydrogens is 801 g/mol. The van der Waals surface area contributed by atoms with Gasteiger partial charge in [-0.25, -0.2) is 4.98 Å². The van der Waals surface area contributed by atoms with Crippen molar-refractivity contribution in [1.29, 1.82) is 0 Å². The van der Waals surface area contributed by atoms with Crippen LogP contribution < -0.4 is 4.90 Å². The summed E-state index contributed by atoms with van der Waals surface area (Å²) in [7, 11) is 0. The number of thiazole rings is 1. The fourth-order valence-electron chi connectivity index (χ4n) is 9.10. The number of hydrogen-bond donors (Lipinski definition) is 0. The summed E-state index contributed by atoms with van der Waals surface area (Å²) in [5.74, 6) is 0. The molecule has 0 fully saturated rings. The summed E-state index contributed by atoms with van der Waals surface area (Å²) in [6.45, 7) is 0. The Kier molecular flexibility index (Phi) is 9.25. The number of aromatic nitrogens is 1. The van der Waals surface area contributed by atoms with E-state index in [1.54, 1.807) is 11.3 Å². The van der Waals surface area contributed by atoms with Crippen molar-refractivity contribution in [2.24, 2.45) is 0 Å². The molecule has 0 aliphatic rings. The van der Waals surface area contributed by atoms with Gasteiger partial charge in [0, 0.05) is 42.7 Å². The van der Waals surface area contributed by atoms with Crippen LogP contribution in [0.3, 0.4) is 0 Å². The first-order valence-corrected chi connectivity index (χ1v) is 22.9. The smallest absolute Gasteiger partial charge is 0.124 e. The molecule has 0 spiro atoms. The van der Waals surface area contributed by atoms with Crippen molar-refractivity contribution in [3.63, 3.8) is 0 Å². The normalized spacial score (nSPS) is 11.5. The van der Waals surface area contributed by atoms with Crippen LogP contribution in [-0.4, -0.2) is 4.98 Å². The van der Waals surface area contributed by atoms with Crippen LogP contribution in [0.15, 0.2) is 231 Å². The lowest BCUT2D eigenvalue weighted by molar-refractivity contribution is 1.28. The van der Waals surface area contributed by atoms with Crippen molar-refractivity contribution >= 4 is 80.9 Å². The standard InChI is InChI=1S/C59H38N2S2/c1-4-14-40(15-5-1)47-34-35-48(51-22-11-10-21-50(47)51)42-26-31-46(32-27-42)61(54-23-13-12-20-49(54)41-16-6-2-7-17-41)45-29-24-39(25-30-45)44-28-33-52-56(38-44)62-55-37-36-53-58(57(52)55)63-59(60-53)43-18-8-3-9-19-43/h1-38H. The molecule has 0 aliphatic heterocycles. The van der Waals surface area contributed by atoms with E-state index in [2.05, 4.69) is 235 Å². The molecule has 0 saturated carbocycles. The first kappa shape index (κ1) is 37.2. The number of hydrogen-bond acceptors (Lipinski definition) is 4. The summed E-state index contributed by atoms with van der Waals surface area (Å²) < 4.78 is 3.84. The lowest BCUT2D eigenvalue weighted by atomic mass is 9.92. The van der Waals surface area contributed by atoms with Crippen LogP contribution in [0.1, 0.15) is 0 Å². The van der Waals surface area contributed by atoms with Crippen molar-refractivity contribution in [3.8, 4) is 55.1 Å². The zero-order valence-corrected chi connectivity index (χ0v) is 35.8. The Morgan fingerprint density at radius 2 is 0.857 bits per heavy atom. The molecule has 2 heterocycles. The predicted octanol–water partition coefficient (Wildman–Crippen LogP) is 17.6. The lowest BCUT2D eigenvalue weighted by Gasteiger charge is -2.28. The molecule has 10 aromatic carbocycles. The van der Waals surface area contributed by atoms with E-state index in [1.165, 1.54) is 80.2 Å². The van der Waals surface area contributed by atoms with E-state index in [-0.39, 0.29) is 0 Å². The average molecular weight is 839 g/mol. The van der Waals surface area contributed by atoms with Gasteiger partial charge in [-0.05, 0) is 98.2 Å². The Labute approximate surface area is 374 Å². The molecule has 63 heavy (non-hydrogen) atoms. The Bertz CT molecular complexity index is 3590. The molecule has 296 valence electrons. The fraction of sp³-hybridized carbons (Fsp3) is 0. The summed E-state index contributed by atoms with van der Waals surface area (Å²) in [4.78, 5) is 7.43. The van der Waals surface area contributed by atoms with Gasteiger partial charge < -0.3 is 4.90 Å². The van der Waals surface area contributed by atoms with Crippen LogP contribution in [0.4, 0.5) is 17.1 Å². The highest BCUT2D eigenvalue weighted by Gasteiger charge is 2.19. The van der Waals surface area contributed by atoms with E-state index in [4.69, 9.17) is 4.98 Å². The second kappa shape index (κ2) is 15.7. The highest BCUT2D eigenvalue weighted by Crippen LogP contribution is 2.45. The van der Waals surface area contributed by atoms with Gasteiger partial charge in [0.05, 0.1) is 15.9 Å². The van der Waals surface area contributed by atoms with Crippen LogP contribution in [0.25, 0.3) is 96.2 Å². The molecule has 0 unspecified atom stereocenters. The molecule has 0 aliphatic carbocycles. The van der Waals surface area contributed by atoms with Crippen molar-refractivity contribution < 1.29 is 0 Å². The molecule has 12 rings (SSSR count). The monoisotopic (exact) mass is 838 g/mol. The summed E-state index contributed by atoms with van der Waals surface area (Å²) in [5, 5.41) is 6.16. The van der Waals surface area contributed by atoms with Gasteiger partial charge in [-0.3, -0.25) is 0 Å². The minimum absolute atomic E-state index is 1.06. The number of fused-ring (bicyclic) bond motifs is 6. The van der Waals surface area contributed by atoms with Gasteiger partial charge in [-0.2, -0.15) is 0 Å². The topological polar surface area (TPSA) is 16.1 Å². The molecular formula is C59H38N2S2. The molecule has 0 bridgehead atoms. The maximum absolute atomic E-state index is 5.03. The Morgan fingerprint density at radius 3 is 1.51 bits per heavy atom. The average Bonchev–Trinajstić information content (AvgIpc) is 3.97. The maximum atomic E-state index is 5.03. The van der Waals surface area contributed by atoms with Crippen LogP contribution in [0.2, 0.25) is 0 Å². The number of benzene rings is 10. The first-order chi connectivity index (χ1) is 31.2. The molecule has 4 heteroatoms. The van der Waals surface area contributed by atoms with Crippen LogP contribution in [0, 0.1) is 0 Å². The highest BCUT2D eigenvalue weighted by atomic mass is 32.1. The highest BCUT2D eigenvalue weighted by molar-refractivity contribution is 7.28. The first-order valence-electron chi connectivity index (χ1n) is 21.3. The van der Waals surface area contributed by atoms with Crippen LogP contribution in [-0.2, 0) is 0 Å². The summed E-state index contributed by atoms with van der Waals surface area (Å²) >= 11 is 3.65. The zero-order chi connectivity index (χ0) is 41.7. The van der Waals surface area contributed by atoms with Gasteiger partial charge in [0.25, 0.3) is 0 Å². The molecule has 0 atom stereocenters. The van der Waals surface area contributed by atoms with E-state index >= 15 is 0 Å². The Hall–Kier alpha value is -7.63. The third kappa shape index (κ3) is 6.68. The van der Waals surface area contributed by atoms with E-state index in [1.807, 2.05) is 11.3 Å². The minimum atomic E-state index is 1.06. The molecule has 2 nitrogen and oxygen atoms in total. The number of thiophene rings is 1. The summed E-state index contributed by atoms with van der Waals surface area (Å²) in [6.07, 6.45) is 0. The molecule has 0 saturated heterocycles. The van der Waals surface area contributed by atoms with E-state index in [0.717, 1.165) is 33.1 Å². The van der Waals surface area contributed by atoms with Crippen molar-refractivity contribution in [1.82, 2.24) is 4.98 Å². The van der Waals surface area contributed by atoms with E-state index in [0.29, 0.717) is 0 Å². The predicted molar refractivity (Wildman–Crippen MR) is 272 cm³/mol. The van der Waals surface area contributed by atoms with E-state index < -0.39 is 0 Å². The summed E-state index contributed by atoms with van der Waals surface area (Å²) in [6, 6.07) is 83.4. The van der Waals surface area contributed by atoms with Crippen molar-refractivity contribution in [2.75, 3.05) is 4.90 Å². The van der Waals surface area contributed by atoms with Gasteiger partial charge in [0.1, 0.15) is 5.01 Å². The van der Waals surface area contributed by atoms with Crippen LogP contribution >= 0.6 is 22.7 Å². The van der Waals surface area contributed by atoms with Gasteiger partial charge in [0.15, 0.2) is 0 Å². The molecule has 2 aromatic heterocycles. The van der Waals surface area contributed by atoms with Crippen LogP contribution in [0.5, 0.6) is 0 Å². The summed E-state index contributed by atoms with van der Waals surface area (Å²) in [5.41, 5.74) is 15.2. The zero-order valence-electron chi connectivity index (χ0n) is 34.2. The van der Waals surface area contributed by atoms with Crippen molar-refractivity contribution in [2.45, 2.75) is 0 Å². The largest absolute Gasteiger partial charge is 0.310 e. The maximum Gasteiger partial charge on any atom is 0.124 e. The number of anilines is 3. The molecule has 12 aromatic rings. The minimum Gasteiger partial charge on any atom is -0.310 e. The lowest BCUT2D eigenvalue weighted by Crippen LogP contribution is -2.11. The fourth-order valence-corrected chi connectivity index (χ4v) is 11.4. The SMILES string of the molecule is c1ccc(-c2nc3ccc4sc5cc(-c6ccc(N(c7ccc(-c8ccc(-c9ccccc9)c9ccccc89)cc7)c7ccccc7-c7ccccc7)cc6)ccc5c4c3s2)cc1. The third-order valence-corrected chi connectivity index (χ3v) is 14.4. The van der Waals surface area contributed by atoms with Gasteiger partial charge in [-0.15, -0.1) is 22.7 Å². The quantitative estimate of drug-likeness (QED) is 0.152. The Balaban J connectivity index is 0.925. The molecule has 0 radical (unpaired) electrons. The van der Waals surface area contributed by atoms with Crippen molar-refractivity contribution in [3.05, 3.63) is 231 Å². The second-order valence-electron chi connectivity index (χ2n) is 15.9. The molecule has 0 N–H and O–H groups in total. The number of para-hydroxylation sites is 1.